The molecule has 0 aromatic heterocycles. The second-order valence-electron chi connectivity index (χ2n) is 5.83. The summed E-state index contributed by atoms with van der Waals surface area (Å²) in [7, 11) is 1.76. The molecule has 1 saturated heterocycles. The fourth-order valence-corrected chi connectivity index (χ4v) is 3.54. The van der Waals surface area contributed by atoms with Crippen LogP contribution in [0.2, 0.25) is 0 Å². The molecule has 0 aromatic rings. The first kappa shape index (κ1) is 12.9. The van der Waals surface area contributed by atoms with Crippen molar-refractivity contribution in [3.8, 4) is 0 Å². The monoisotopic (exact) mass is 214 g/mol. The second kappa shape index (κ2) is 4.04. The van der Waals surface area contributed by atoms with Gasteiger partial charge in [-0.25, -0.2) is 0 Å². The molecule has 1 aliphatic heterocycles. The van der Waals surface area contributed by atoms with E-state index in [-0.39, 0.29) is 17.1 Å². The van der Waals surface area contributed by atoms with Crippen LogP contribution in [0.25, 0.3) is 0 Å². The lowest BCUT2D eigenvalue weighted by molar-refractivity contribution is -0.282. The standard InChI is InChI=1S/C12H26N2O/c1-7-9-10(13)8-11(2,3)14(15-6)12(9,4)5/h9-10H,7-8,13H2,1-6H3. The Morgan fingerprint density at radius 2 is 1.87 bits per heavy atom. The summed E-state index contributed by atoms with van der Waals surface area (Å²) in [6.45, 7) is 11.1. The Balaban J connectivity index is 3.03. The number of hydrogen-bond acceptors (Lipinski definition) is 3. The summed E-state index contributed by atoms with van der Waals surface area (Å²) in [6, 6.07) is 0.270. The average molecular weight is 214 g/mol. The van der Waals surface area contributed by atoms with E-state index in [1.54, 1.807) is 7.11 Å². The molecule has 1 aliphatic rings. The number of rotatable bonds is 2. The number of hydrogen-bond donors (Lipinski definition) is 1. The molecule has 1 fully saturated rings. The molecule has 0 aliphatic carbocycles. The first-order valence-corrected chi connectivity index (χ1v) is 5.87. The lowest BCUT2D eigenvalue weighted by atomic mass is 9.70. The van der Waals surface area contributed by atoms with Crippen LogP contribution >= 0.6 is 0 Å². The molecule has 90 valence electrons. The summed E-state index contributed by atoms with van der Waals surface area (Å²) >= 11 is 0. The Labute approximate surface area is 93.9 Å². The number of nitrogens with zero attached hydrogens (tertiary/aromatic N) is 1. The zero-order valence-electron chi connectivity index (χ0n) is 11.0. The van der Waals surface area contributed by atoms with Crippen LogP contribution in [0.4, 0.5) is 0 Å². The van der Waals surface area contributed by atoms with Crippen molar-refractivity contribution in [1.29, 1.82) is 0 Å². The third-order valence-corrected chi connectivity index (χ3v) is 3.86. The van der Waals surface area contributed by atoms with Gasteiger partial charge in [0.1, 0.15) is 0 Å². The van der Waals surface area contributed by atoms with Crippen molar-refractivity contribution in [1.82, 2.24) is 5.06 Å². The summed E-state index contributed by atoms with van der Waals surface area (Å²) in [5, 5.41) is 2.12. The number of nitrogens with two attached hydrogens (primary N) is 1. The minimum atomic E-state index is 0.00463. The molecular weight excluding hydrogens is 188 g/mol. The van der Waals surface area contributed by atoms with Crippen LogP contribution in [0.15, 0.2) is 0 Å². The van der Waals surface area contributed by atoms with Gasteiger partial charge in [0.2, 0.25) is 0 Å². The normalized spacial score (nSPS) is 35.4. The van der Waals surface area contributed by atoms with E-state index in [9.17, 15) is 0 Å². The molecule has 0 spiro atoms. The van der Waals surface area contributed by atoms with Crippen molar-refractivity contribution >= 4 is 0 Å². The molecule has 0 radical (unpaired) electrons. The maximum Gasteiger partial charge on any atom is 0.0575 e. The van der Waals surface area contributed by atoms with Gasteiger partial charge in [0.25, 0.3) is 0 Å². The van der Waals surface area contributed by atoms with Crippen molar-refractivity contribution in [3.63, 3.8) is 0 Å². The zero-order chi connectivity index (χ0) is 11.9. The summed E-state index contributed by atoms with van der Waals surface area (Å²) < 4.78 is 0. The highest BCUT2D eigenvalue weighted by Gasteiger charge is 2.50. The molecule has 1 heterocycles. The maximum absolute atomic E-state index is 6.28. The van der Waals surface area contributed by atoms with E-state index in [2.05, 4.69) is 39.7 Å². The Hall–Kier alpha value is -0.120. The molecule has 2 atom stereocenters. The van der Waals surface area contributed by atoms with Gasteiger partial charge in [-0.15, -0.1) is 0 Å². The van der Waals surface area contributed by atoms with Crippen molar-refractivity contribution < 1.29 is 4.84 Å². The molecule has 3 nitrogen and oxygen atoms in total. The first-order chi connectivity index (χ1) is 6.77. The van der Waals surface area contributed by atoms with Crippen LogP contribution in [0.5, 0.6) is 0 Å². The summed E-state index contributed by atoms with van der Waals surface area (Å²) in [5.74, 6) is 0.491. The van der Waals surface area contributed by atoms with E-state index in [0.717, 1.165) is 12.8 Å². The van der Waals surface area contributed by atoms with Gasteiger partial charge < -0.3 is 10.6 Å². The zero-order valence-corrected chi connectivity index (χ0v) is 11.0. The van der Waals surface area contributed by atoms with E-state index in [4.69, 9.17) is 10.6 Å². The van der Waals surface area contributed by atoms with Crippen LogP contribution in [0.1, 0.15) is 47.5 Å². The van der Waals surface area contributed by atoms with E-state index < -0.39 is 0 Å². The predicted molar refractivity (Wildman–Crippen MR) is 63.4 cm³/mol. The Morgan fingerprint density at radius 1 is 1.33 bits per heavy atom. The largest absolute Gasteiger partial charge is 0.327 e. The summed E-state index contributed by atoms with van der Waals surface area (Å²) in [4.78, 5) is 5.58. The van der Waals surface area contributed by atoms with Crippen molar-refractivity contribution in [3.05, 3.63) is 0 Å². The predicted octanol–water partition coefficient (Wildman–Crippen LogP) is 2.16. The van der Waals surface area contributed by atoms with Gasteiger partial charge in [-0.1, -0.05) is 6.92 Å². The minimum absolute atomic E-state index is 0.00463. The number of hydroxylamine groups is 2. The smallest absolute Gasteiger partial charge is 0.0575 e. The quantitative estimate of drug-likeness (QED) is 0.765. The highest BCUT2D eigenvalue weighted by Crippen LogP contribution is 2.42. The van der Waals surface area contributed by atoms with Crippen molar-refractivity contribution in [2.24, 2.45) is 11.7 Å². The lowest BCUT2D eigenvalue weighted by Gasteiger charge is -2.56. The van der Waals surface area contributed by atoms with Gasteiger partial charge in [0.15, 0.2) is 0 Å². The molecule has 2 N–H and O–H groups in total. The van der Waals surface area contributed by atoms with Gasteiger partial charge >= 0.3 is 0 Å². The van der Waals surface area contributed by atoms with E-state index in [1.807, 2.05) is 0 Å². The molecule has 0 amide bonds. The van der Waals surface area contributed by atoms with E-state index in [1.165, 1.54) is 0 Å². The van der Waals surface area contributed by atoms with Gasteiger partial charge in [-0.3, -0.25) is 0 Å². The highest BCUT2D eigenvalue weighted by molar-refractivity contribution is 5.03. The molecule has 0 aromatic carbocycles. The molecule has 15 heavy (non-hydrogen) atoms. The van der Waals surface area contributed by atoms with Crippen LogP contribution in [-0.4, -0.2) is 29.3 Å². The Morgan fingerprint density at radius 3 is 2.27 bits per heavy atom. The fraction of sp³-hybridized carbons (Fsp3) is 1.00. The van der Waals surface area contributed by atoms with Crippen LogP contribution < -0.4 is 5.73 Å². The molecule has 2 unspecified atom stereocenters. The maximum atomic E-state index is 6.28. The molecular formula is C12H26N2O. The number of piperidine rings is 1. The van der Waals surface area contributed by atoms with Gasteiger partial charge in [-0.05, 0) is 46.5 Å². The van der Waals surface area contributed by atoms with E-state index in [0.29, 0.717) is 5.92 Å². The Bertz CT molecular complexity index is 226. The minimum Gasteiger partial charge on any atom is -0.327 e. The van der Waals surface area contributed by atoms with Gasteiger partial charge in [0.05, 0.1) is 7.11 Å². The fourth-order valence-electron chi connectivity index (χ4n) is 3.54. The lowest BCUT2D eigenvalue weighted by Crippen LogP contribution is -2.67. The SMILES string of the molecule is CCC1C(N)CC(C)(C)N(OC)C1(C)C. The van der Waals surface area contributed by atoms with Gasteiger partial charge in [-0.2, -0.15) is 5.06 Å². The molecule has 0 saturated carbocycles. The topological polar surface area (TPSA) is 38.5 Å². The van der Waals surface area contributed by atoms with Crippen molar-refractivity contribution in [2.75, 3.05) is 7.11 Å². The van der Waals surface area contributed by atoms with Gasteiger partial charge in [0, 0.05) is 17.1 Å². The molecule has 3 heteroatoms. The highest BCUT2D eigenvalue weighted by atomic mass is 16.7. The molecule has 0 bridgehead atoms. The first-order valence-electron chi connectivity index (χ1n) is 5.87. The van der Waals surface area contributed by atoms with E-state index >= 15 is 0 Å². The van der Waals surface area contributed by atoms with Crippen LogP contribution in [0.3, 0.4) is 0 Å². The Kier molecular flexibility index (Phi) is 3.49. The second-order valence-corrected chi connectivity index (χ2v) is 5.83. The average Bonchev–Trinajstić information content (AvgIpc) is 2.00. The van der Waals surface area contributed by atoms with Crippen molar-refractivity contribution in [2.45, 2.75) is 64.6 Å². The third-order valence-electron chi connectivity index (χ3n) is 3.86. The van der Waals surface area contributed by atoms with Crippen LogP contribution in [0, 0.1) is 5.92 Å². The summed E-state index contributed by atoms with van der Waals surface area (Å²) in [6.07, 6.45) is 2.09. The summed E-state index contributed by atoms with van der Waals surface area (Å²) in [5.41, 5.74) is 6.30. The molecule has 1 rings (SSSR count). The third kappa shape index (κ3) is 2.05. The van der Waals surface area contributed by atoms with Crippen LogP contribution in [-0.2, 0) is 4.84 Å².